The zero-order valence-electron chi connectivity index (χ0n) is 22.9. The van der Waals surface area contributed by atoms with E-state index in [4.69, 9.17) is 21.1 Å². The summed E-state index contributed by atoms with van der Waals surface area (Å²) >= 11 is 6.05. The standard InChI is InChI=1S/C31H25ClN4O7/c1-30(42-12-13-43-30)15-24(37)34-33-16-31-20-8-4-2-6-18(20)25(19-7-3-5-9-21(19)31)26-27(31)29(39)35(28(26)38)22-11-10-17(32)14-23(22)36(40)41/h2-11,14,16,25-27H,12-13,15H2,1H3,(H,34,37)/b33-16-/t25?,26-,27+,31?/m1/s1. The van der Waals surface area contributed by atoms with Crippen molar-refractivity contribution in [3.63, 3.8) is 0 Å². The average Bonchev–Trinajstić information content (AvgIpc) is 3.53. The van der Waals surface area contributed by atoms with Crippen molar-refractivity contribution in [2.45, 2.75) is 30.5 Å². The van der Waals surface area contributed by atoms with Crippen LogP contribution >= 0.6 is 11.6 Å². The maximum atomic E-state index is 14.5. The Labute approximate surface area is 250 Å². The van der Waals surface area contributed by atoms with Gasteiger partial charge in [0.2, 0.25) is 17.7 Å². The molecule has 3 aliphatic carbocycles. The summed E-state index contributed by atoms with van der Waals surface area (Å²) in [5.74, 6) is -4.96. The number of halogens is 1. The number of carbonyl (C=O) groups excluding carboxylic acids is 3. The number of ether oxygens (including phenoxy) is 2. The van der Waals surface area contributed by atoms with Crippen LogP contribution in [0.2, 0.25) is 5.02 Å². The molecule has 2 aliphatic heterocycles. The number of carbonyl (C=O) groups is 3. The zero-order valence-corrected chi connectivity index (χ0v) is 23.6. The fourth-order valence-electron chi connectivity index (χ4n) is 7.32. The second-order valence-corrected chi connectivity index (χ2v) is 11.7. The number of amides is 3. The second-order valence-electron chi connectivity index (χ2n) is 11.2. The number of nitrogens with zero attached hydrogens (tertiary/aromatic N) is 3. The van der Waals surface area contributed by atoms with E-state index in [2.05, 4.69) is 10.5 Å². The lowest BCUT2D eigenvalue weighted by Crippen LogP contribution is -2.54. The molecule has 218 valence electrons. The Morgan fingerprint density at radius 3 is 2.33 bits per heavy atom. The molecule has 43 heavy (non-hydrogen) atoms. The molecule has 2 saturated heterocycles. The smallest absolute Gasteiger partial charge is 0.294 e. The van der Waals surface area contributed by atoms with Crippen molar-refractivity contribution in [3.8, 4) is 0 Å². The van der Waals surface area contributed by atoms with Gasteiger partial charge in [-0.1, -0.05) is 60.1 Å². The Balaban J connectivity index is 1.37. The van der Waals surface area contributed by atoms with Gasteiger partial charge in [0.1, 0.15) is 5.69 Å². The van der Waals surface area contributed by atoms with Gasteiger partial charge in [-0.05, 0) is 41.3 Å². The van der Waals surface area contributed by atoms with Crippen LogP contribution in [0.5, 0.6) is 0 Å². The lowest BCUT2D eigenvalue weighted by atomic mass is 9.47. The fourth-order valence-corrected chi connectivity index (χ4v) is 7.48. The number of hydrazone groups is 1. The summed E-state index contributed by atoms with van der Waals surface area (Å²) < 4.78 is 11.1. The van der Waals surface area contributed by atoms with Gasteiger partial charge in [-0.2, -0.15) is 5.10 Å². The van der Waals surface area contributed by atoms with Gasteiger partial charge < -0.3 is 9.47 Å². The first-order valence-electron chi connectivity index (χ1n) is 13.8. The third kappa shape index (κ3) is 3.95. The van der Waals surface area contributed by atoms with Crippen molar-refractivity contribution < 1.29 is 28.8 Å². The monoisotopic (exact) mass is 600 g/mol. The van der Waals surface area contributed by atoms with E-state index in [0.29, 0.717) is 13.2 Å². The molecule has 2 bridgehead atoms. The average molecular weight is 601 g/mol. The van der Waals surface area contributed by atoms with Crippen molar-refractivity contribution >= 4 is 46.9 Å². The van der Waals surface area contributed by atoms with Crippen molar-refractivity contribution in [2.24, 2.45) is 16.9 Å². The molecular weight excluding hydrogens is 576 g/mol. The van der Waals surface area contributed by atoms with Crippen LogP contribution < -0.4 is 10.3 Å². The molecule has 1 N–H and O–H groups in total. The van der Waals surface area contributed by atoms with Gasteiger partial charge >= 0.3 is 0 Å². The van der Waals surface area contributed by atoms with E-state index >= 15 is 0 Å². The Hall–Kier alpha value is -4.45. The molecular formula is C31H25ClN4O7. The first-order valence-corrected chi connectivity index (χ1v) is 14.2. The molecule has 3 aromatic carbocycles. The summed E-state index contributed by atoms with van der Waals surface area (Å²) in [6.45, 7) is 2.44. The topological polar surface area (TPSA) is 140 Å². The van der Waals surface area contributed by atoms with Crippen molar-refractivity contribution in [1.29, 1.82) is 0 Å². The molecule has 3 aromatic rings. The van der Waals surface area contributed by atoms with Crippen LogP contribution in [0.15, 0.2) is 71.8 Å². The van der Waals surface area contributed by atoms with Crippen molar-refractivity contribution in [1.82, 2.24) is 5.43 Å². The molecule has 0 aromatic heterocycles. The second kappa shape index (κ2) is 9.80. The summed E-state index contributed by atoms with van der Waals surface area (Å²) in [5.41, 5.74) is 3.98. The van der Waals surface area contributed by atoms with E-state index in [0.717, 1.165) is 33.2 Å². The molecule has 3 amide bonds. The SMILES string of the molecule is CC1(CC(=O)N/N=C\C23c4ccccc4C(c4ccccc42)[C@H]2C(=O)N(c4ccc(Cl)cc4[N+](=O)[O-])C(=O)[C@H]23)OCCO1. The van der Waals surface area contributed by atoms with E-state index in [1.807, 2.05) is 48.5 Å². The molecule has 11 nitrogen and oxygen atoms in total. The van der Waals surface area contributed by atoms with Crippen LogP contribution in [-0.4, -0.2) is 47.9 Å². The molecule has 8 rings (SSSR count). The first-order chi connectivity index (χ1) is 20.7. The Morgan fingerprint density at radius 2 is 1.70 bits per heavy atom. The minimum Gasteiger partial charge on any atom is -0.347 e. The molecule has 0 spiro atoms. The first kappa shape index (κ1) is 27.4. The quantitative estimate of drug-likeness (QED) is 0.195. The highest BCUT2D eigenvalue weighted by Crippen LogP contribution is 2.64. The highest BCUT2D eigenvalue weighted by atomic mass is 35.5. The zero-order chi connectivity index (χ0) is 30.1. The summed E-state index contributed by atoms with van der Waals surface area (Å²) in [6.07, 6.45) is 1.43. The maximum absolute atomic E-state index is 14.5. The maximum Gasteiger partial charge on any atom is 0.294 e. The number of anilines is 1. The largest absolute Gasteiger partial charge is 0.347 e. The minimum absolute atomic E-state index is 0.0932. The van der Waals surface area contributed by atoms with Crippen molar-refractivity contribution in [2.75, 3.05) is 18.1 Å². The fraction of sp³-hybridized carbons (Fsp3) is 0.290. The molecule has 0 saturated carbocycles. The number of imide groups is 1. The van der Waals surface area contributed by atoms with Crippen LogP contribution in [-0.2, 0) is 29.3 Å². The summed E-state index contributed by atoms with van der Waals surface area (Å²) in [5, 5.41) is 16.5. The Kier molecular flexibility index (Phi) is 6.24. The number of rotatable bonds is 6. The lowest BCUT2D eigenvalue weighted by Gasteiger charge is -2.52. The van der Waals surface area contributed by atoms with E-state index in [1.165, 1.54) is 18.3 Å². The Bertz CT molecular complexity index is 1700. The molecule has 2 fully saturated rings. The number of benzene rings is 3. The van der Waals surface area contributed by atoms with Gasteiger partial charge in [0.25, 0.3) is 5.69 Å². The molecule has 2 heterocycles. The van der Waals surface area contributed by atoms with Gasteiger partial charge in [-0.25, -0.2) is 10.3 Å². The van der Waals surface area contributed by atoms with Crippen LogP contribution in [0.1, 0.15) is 41.5 Å². The number of nitrogens with one attached hydrogen (secondary N) is 1. The van der Waals surface area contributed by atoms with E-state index in [1.54, 1.807) is 6.92 Å². The van der Waals surface area contributed by atoms with E-state index < -0.39 is 57.3 Å². The highest BCUT2D eigenvalue weighted by molar-refractivity contribution is 6.31. The molecule has 2 atom stereocenters. The molecule has 0 radical (unpaired) electrons. The normalized spacial score (nSPS) is 26.4. The Morgan fingerprint density at radius 1 is 1.07 bits per heavy atom. The number of hydrogen-bond donors (Lipinski definition) is 1. The summed E-state index contributed by atoms with van der Waals surface area (Å²) in [4.78, 5) is 53.9. The number of nitro groups is 1. The predicted molar refractivity (Wildman–Crippen MR) is 155 cm³/mol. The summed E-state index contributed by atoms with van der Waals surface area (Å²) in [7, 11) is 0. The van der Waals surface area contributed by atoms with Gasteiger partial charge in [0, 0.05) is 23.2 Å². The molecule has 0 unspecified atom stereocenters. The van der Waals surface area contributed by atoms with Crippen molar-refractivity contribution in [3.05, 3.63) is 104 Å². The lowest BCUT2D eigenvalue weighted by molar-refractivity contribution is -0.384. The van der Waals surface area contributed by atoms with Gasteiger partial charge in [-0.3, -0.25) is 24.5 Å². The van der Waals surface area contributed by atoms with Gasteiger partial charge in [0.05, 0.1) is 41.8 Å². The van der Waals surface area contributed by atoms with Crippen LogP contribution in [0.3, 0.4) is 0 Å². The number of hydrogen-bond acceptors (Lipinski definition) is 8. The van der Waals surface area contributed by atoms with Gasteiger partial charge in [0.15, 0.2) is 5.79 Å². The van der Waals surface area contributed by atoms with E-state index in [9.17, 15) is 24.5 Å². The third-order valence-corrected chi connectivity index (χ3v) is 9.13. The van der Waals surface area contributed by atoms with Crippen LogP contribution in [0.25, 0.3) is 0 Å². The number of nitro benzene ring substituents is 1. The predicted octanol–water partition coefficient (Wildman–Crippen LogP) is 4.05. The van der Waals surface area contributed by atoms with Crippen LogP contribution in [0, 0.1) is 22.0 Å². The third-order valence-electron chi connectivity index (χ3n) is 8.90. The van der Waals surface area contributed by atoms with E-state index in [-0.39, 0.29) is 17.1 Å². The molecule has 12 heteroatoms. The summed E-state index contributed by atoms with van der Waals surface area (Å²) in [6, 6.07) is 19.0. The highest BCUT2D eigenvalue weighted by Gasteiger charge is 2.68. The van der Waals surface area contributed by atoms with Crippen LogP contribution in [0.4, 0.5) is 11.4 Å². The van der Waals surface area contributed by atoms with Gasteiger partial charge in [-0.15, -0.1) is 0 Å². The molecule has 5 aliphatic rings. The minimum atomic E-state index is -1.26.